The summed E-state index contributed by atoms with van der Waals surface area (Å²) in [6.45, 7) is 13.3. The average Bonchev–Trinajstić information content (AvgIpc) is 1.98. The molecular formula is C10H24O2Si. The van der Waals surface area contributed by atoms with Crippen molar-refractivity contribution in [3.05, 3.63) is 0 Å². The minimum Gasteiger partial charge on any atom is -0.412 e. The molecule has 0 heterocycles. The molecule has 0 aromatic rings. The van der Waals surface area contributed by atoms with Crippen molar-refractivity contribution in [1.82, 2.24) is 0 Å². The van der Waals surface area contributed by atoms with E-state index in [1.165, 1.54) is 0 Å². The van der Waals surface area contributed by atoms with Crippen molar-refractivity contribution in [3.63, 3.8) is 0 Å². The predicted octanol–water partition coefficient (Wildman–Crippen LogP) is 2.78. The van der Waals surface area contributed by atoms with Gasteiger partial charge in [-0.15, -0.1) is 0 Å². The highest BCUT2D eigenvalue weighted by atomic mass is 28.4. The second kappa shape index (κ2) is 4.58. The lowest BCUT2D eigenvalue weighted by atomic mass is 10.2. The quantitative estimate of drug-likeness (QED) is 0.714. The molecule has 0 aromatic heterocycles. The van der Waals surface area contributed by atoms with Crippen LogP contribution in [0.5, 0.6) is 0 Å². The van der Waals surface area contributed by atoms with Gasteiger partial charge in [0, 0.05) is 0 Å². The fourth-order valence-corrected chi connectivity index (χ4v) is 2.27. The first kappa shape index (κ1) is 13.1. The number of rotatable bonds is 4. The van der Waals surface area contributed by atoms with Gasteiger partial charge in [-0.3, -0.25) is 0 Å². The summed E-state index contributed by atoms with van der Waals surface area (Å²) >= 11 is 0. The lowest BCUT2D eigenvalue weighted by Crippen LogP contribution is -2.44. The van der Waals surface area contributed by atoms with Crippen LogP contribution in [-0.4, -0.2) is 26.1 Å². The number of hydrogen-bond acceptors (Lipinski definition) is 2. The van der Waals surface area contributed by atoms with E-state index in [9.17, 15) is 0 Å². The van der Waals surface area contributed by atoms with Gasteiger partial charge in [0.1, 0.15) is 0 Å². The third-order valence-corrected chi connectivity index (χ3v) is 7.46. The van der Waals surface area contributed by atoms with E-state index in [1.54, 1.807) is 0 Å². The van der Waals surface area contributed by atoms with Crippen molar-refractivity contribution in [3.8, 4) is 0 Å². The molecule has 0 aliphatic heterocycles. The van der Waals surface area contributed by atoms with Gasteiger partial charge in [0.05, 0.1) is 12.7 Å². The maximum Gasteiger partial charge on any atom is 0.192 e. The molecule has 13 heavy (non-hydrogen) atoms. The van der Waals surface area contributed by atoms with Crippen molar-refractivity contribution in [2.24, 2.45) is 0 Å². The molecule has 0 aromatic carbocycles. The summed E-state index contributed by atoms with van der Waals surface area (Å²) in [5.74, 6) is 0. The standard InChI is InChI=1S/C10H24O2Si/c1-7-9(8-11)12-13(5,6)10(2,3)4/h9,11H,7-8H2,1-6H3/t9-/m0/s1. The van der Waals surface area contributed by atoms with Gasteiger partial charge in [-0.05, 0) is 24.6 Å². The van der Waals surface area contributed by atoms with E-state index in [0.717, 1.165) is 6.42 Å². The van der Waals surface area contributed by atoms with Crippen molar-refractivity contribution >= 4 is 8.32 Å². The van der Waals surface area contributed by atoms with Crippen LogP contribution in [0.4, 0.5) is 0 Å². The van der Waals surface area contributed by atoms with Crippen molar-refractivity contribution in [1.29, 1.82) is 0 Å². The maximum atomic E-state index is 9.05. The van der Waals surface area contributed by atoms with E-state index in [-0.39, 0.29) is 17.7 Å². The largest absolute Gasteiger partial charge is 0.412 e. The van der Waals surface area contributed by atoms with Gasteiger partial charge in [0.25, 0.3) is 0 Å². The Morgan fingerprint density at radius 2 is 1.77 bits per heavy atom. The van der Waals surface area contributed by atoms with Gasteiger partial charge in [0.15, 0.2) is 8.32 Å². The molecule has 0 rings (SSSR count). The highest BCUT2D eigenvalue weighted by Gasteiger charge is 2.38. The molecule has 0 saturated heterocycles. The second-order valence-corrected chi connectivity index (χ2v) is 9.85. The van der Waals surface area contributed by atoms with E-state index in [2.05, 4.69) is 33.9 Å². The van der Waals surface area contributed by atoms with E-state index >= 15 is 0 Å². The molecule has 0 amide bonds. The fourth-order valence-electron chi connectivity index (χ4n) is 0.843. The van der Waals surface area contributed by atoms with Gasteiger partial charge < -0.3 is 9.53 Å². The van der Waals surface area contributed by atoms with Gasteiger partial charge in [0.2, 0.25) is 0 Å². The lowest BCUT2D eigenvalue weighted by molar-refractivity contribution is 0.0999. The number of hydrogen-bond donors (Lipinski definition) is 1. The summed E-state index contributed by atoms with van der Waals surface area (Å²) in [6.07, 6.45) is 0.920. The van der Waals surface area contributed by atoms with Crippen LogP contribution in [-0.2, 0) is 4.43 Å². The monoisotopic (exact) mass is 204 g/mol. The lowest BCUT2D eigenvalue weighted by Gasteiger charge is -2.38. The Hall–Kier alpha value is 0.137. The molecule has 0 aliphatic rings. The predicted molar refractivity (Wildman–Crippen MR) is 59.4 cm³/mol. The number of aliphatic hydroxyl groups is 1. The molecule has 1 N–H and O–H groups in total. The van der Waals surface area contributed by atoms with Crippen molar-refractivity contribution < 1.29 is 9.53 Å². The highest BCUT2D eigenvalue weighted by Crippen LogP contribution is 2.37. The Bertz CT molecular complexity index is 145. The van der Waals surface area contributed by atoms with Crippen LogP contribution in [0.25, 0.3) is 0 Å². The minimum absolute atomic E-state index is 0.0286. The van der Waals surface area contributed by atoms with Gasteiger partial charge in [-0.1, -0.05) is 27.7 Å². The molecule has 80 valence electrons. The van der Waals surface area contributed by atoms with Crippen LogP contribution < -0.4 is 0 Å². The second-order valence-electron chi connectivity index (χ2n) is 5.09. The van der Waals surface area contributed by atoms with Crippen LogP contribution in [0, 0.1) is 0 Å². The van der Waals surface area contributed by atoms with Gasteiger partial charge >= 0.3 is 0 Å². The van der Waals surface area contributed by atoms with Crippen LogP contribution in [0.3, 0.4) is 0 Å². The van der Waals surface area contributed by atoms with Crippen molar-refractivity contribution in [2.75, 3.05) is 6.61 Å². The van der Waals surface area contributed by atoms with Crippen LogP contribution in [0.1, 0.15) is 34.1 Å². The first-order valence-electron chi connectivity index (χ1n) is 5.03. The molecule has 1 atom stereocenters. The summed E-state index contributed by atoms with van der Waals surface area (Å²) < 4.78 is 5.99. The Balaban J connectivity index is 4.31. The van der Waals surface area contributed by atoms with Crippen LogP contribution in [0.15, 0.2) is 0 Å². The summed E-state index contributed by atoms with van der Waals surface area (Å²) in [5.41, 5.74) is 0. The van der Waals surface area contributed by atoms with E-state index in [4.69, 9.17) is 9.53 Å². The van der Waals surface area contributed by atoms with Crippen molar-refractivity contribution in [2.45, 2.75) is 58.4 Å². The zero-order chi connectivity index (χ0) is 10.7. The minimum atomic E-state index is -1.67. The Morgan fingerprint density at radius 3 is 2.00 bits per heavy atom. The summed E-state index contributed by atoms with van der Waals surface area (Å²) in [4.78, 5) is 0. The Morgan fingerprint density at radius 1 is 1.31 bits per heavy atom. The summed E-state index contributed by atoms with van der Waals surface area (Å²) in [5, 5.41) is 9.28. The van der Waals surface area contributed by atoms with E-state index in [1.807, 2.05) is 6.92 Å². The molecule has 0 fully saturated rings. The zero-order valence-electron chi connectivity index (χ0n) is 9.85. The molecule has 0 saturated carbocycles. The van der Waals surface area contributed by atoms with E-state index < -0.39 is 8.32 Å². The first-order valence-corrected chi connectivity index (χ1v) is 7.94. The maximum absolute atomic E-state index is 9.05. The molecule has 0 radical (unpaired) electrons. The SMILES string of the molecule is CC[C@@H](CO)O[Si](C)(C)C(C)(C)C. The normalized spacial score (nSPS) is 15.9. The fraction of sp³-hybridized carbons (Fsp3) is 1.00. The van der Waals surface area contributed by atoms with E-state index in [0.29, 0.717) is 0 Å². The Kier molecular flexibility index (Phi) is 4.62. The molecule has 0 unspecified atom stereocenters. The third kappa shape index (κ3) is 3.79. The summed E-state index contributed by atoms with van der Waals surface area (Å²) in [7, 11) is -1.67. The average molecular weight is 204 g/mol. The topological polar surface area (TPSA) is 29.5 Å². The molecule has 3 heteroatoms. The molecule has 0 aliphatic carbocycles. The third-order valence-electron chi connectivity index (χ3n) is 2.93. The smallest absolute Gasteiger partial charge is 0.192 e. The number of aliphatic hydroxyl groups excluding tert-OH is 1. The Labute approximate surface area is 83.4 Å². The van der Waals surface area contributed by atoms with Gasteiger partial charge in [-0.2, -0.15) is 0 Å². The molecule has 0 spiro atoms. The summed E-state index contributed by atoms with van der Waals surface area (Å²) in [6, 6.07) is 0. The van der Waals surface area contributed by atoms with Crippen LogP contribution in [0.2, 0.25) is 18.1 Å². The first-order chi connectivity index (χ1) is 5.74. The van der Waals surface area contributed by atoms with Crippen LogP contribution >= 0.6 is 0 Å². The molecular weight excluding hydrogens is 180 g/mol. The highest BCUT2D eigenvalue weighted by molar-refractivity contribution is 6.74. The zero-order valence-corrected chi connectivity index (χ0v) is 10.8. The molecule has 2 nitrogen and oxygen atoms in total. The van der Waals surface area contributed by atoms with Gasteiger partial charge in [-0.25, -0.2) is 0 Å². The molecule has 0 bridgehead atoms.